The standard InChI is InChI=1S/C28H30F7N7O4/c1-26(45,28(33,34)35)25(44)41-11-18(30)19(12-41)39-24(43)16-8-15(17(29)9-21(16)46-2)20-7-14(22-23(36)37-13-38-42(20)22)10-40-5-3-27(31,32)4-6-40/h7-9,13,18-19,45H,3-6,10-12H2,1-2H3,(H,39,43)(H2,36,37,38)/t18-,19+,26+/m0/s1. The number of aliphatic hydroxyl groups is 1. The van der Waals surface area contributed by atoms with Crippen molar-refractivity contribution in [2.24, 2.45) is 0 Å². The summed E-state index contributed by atoms with van der Waals surface area (Å²) in [5, 5.41) is 16.2. The fraction of sp³-hybridized carbons (Fsp3) is 0.500. The smallest absolute Gasteiger partial charge is 0.426 e. The number of carbonyl (C=O) groups excluding carboxylic acids is 2. The van der Waals surface area contributed by atoms with Crippen LogP contribution in [0.3, 0.4) is 0 Å². The fourth-order valence-electron chi connectivity index (χ4n) is 5.58. The maximum atomic E-state index is 15.5. The van der Waals surface area contributed by atoms with Crippen LogP contribution in [0.15, 0.2) is 24.5 Å². The maximum absolute atomic E-state index is 15.5. The third kappa shape index (κ3) is 6.14. The Kier molecular flexibility index (Phi) is 8.56. The zero-order valence-corrected chi connectivity index (χ0v) is 24.5. The van der Waals surface area contributed by atoms with Gasteiger partial charge in [-0.05, 0) is 24.6 Å². The Bertz CT molecular complexity index is 1650. The molecule has 46 heavy (non-hydrogen) atoms. The van der Waals surface area contributed by atoms with E-state index in [4.69, 9.17) is 10.5 Å². The Morgan fingerprint density at radius 1 is 1.17 bits per heavy atom. The van der Waals surface area contributed by atoms with Crippen LogP contribution in [-0.2, 0) is 11.3 Å². The van der Waals surface area contributed by atoms with Gasteiger partial charge in [-0.2, -0.15) is 18.3 Å². The normalized spacial score (nSPS) is 21.7. The molecule has 3 atom stereocenters. The van der Waals surface area contributed by atoms with Crippen molar-refractivity contribution in [3.05, 3.63) is 41.5 Å². The summed E-state index contributed by atoms with van der Waals surface area (Å²) in [6, 6.07) is 2.07. The highest BCUT2D eigenvalue weighted by atomic mass is 19.4. The number of piperidine rings is 1. The molecule has 1 aromatic carbocycles. The van der Waals surface area contributed by atoms with Gasteiger partial charge in [0.25, 0.3) is 17.7 Å². The number of anilines is 1. The van der Waals surface area contributed by atoms with Gasteiger partial charge in [0.05, 0.1) is 31.0 Å². The molecule has 2 saturated heterocycles. The summed E-state index contributed by atoms with van der Waals surface area (Å²) in [6.45, 7) is -0.891. The minimum Gasteiger partial charge on any atom is -0.496 e. The highest BCUT2D eigenvalue weighted by Crippen LogP contribution is 2.36. The second-order valence-corrected chi connectivity index (χ2v) is 11.5. The number of aromatic nitrogens is 3. The number of methoxy groups -OCH3 is 1. The summed E-state index contributed by atoms with van der Waals surface area (Å²) in [5.41, 5.74) is 2.81. The van der Waals surface area contributed by atoms with E-state index >= 15 is 4.39 Å². The lowest BCUT2D eigenvalue weighted by Crippen LogP contribution is -2.56. The quantitative estimate of drug-likeness (QED) is 0.329. The third-order valence-corrected chi connectivity index (χ3v) is 8.27. The Hall–Kier alpha value is -4.19. The van der Waals surface area contributed by atoms with Crippen molar-refractivity contribution >= 4 is 23.1 Å². The molecule has 2 amide bonds. The lowest BCUT2D eigenvalue weighted by molar-refractivity contribution is -0.249. The van der Waals surface area contributed by atoms with Gasteiger partial charge in [0.15, 0.2) is 5.82 Å². The molecule has 3 aromatic rings. The van der Waals surface area contributed by atoms with Crippen molar-refractivity contribution in [3.63, 3.8) is 0 Å². The lowest BCUT2D eigenvalue weighted by Gasteiger charge is -2.31. The molecule has 0 saturated carbocycles. The van der Waals surface area contributed by atoms with Crippen LogP contribution in [0.2, 0.25) is 0 Å². The molecule has 2 fully saturated rings. The largest absolute Gasteiger partial charge is 0.496 e. The highest BCUT2D eigenvalue weighted by Gasteiger charge is 2.58. The van der Waals surface area contributed by atoms with E-state index in [1.807, 2.05) is 0 Å². The summed E-state index contributed by atoms with van der Waals surface area (Å²) in [5.74, 6) is -6.63. The number of nitrogen functional groups attached to an aromatic ring is 1. The second-order valence-electron chi connectivity index (χ2n) is 11.5. The Morgan fingerprint density at radius 2 is 1.85 bits per heavy atom. The van der Waals surface area contributed by atoms with Crippen LogP contribution >= 0.6 is 0 Å². The second kappa shape index (κ2) is 11.9. The number of ether oxygens (including phenoxy) is 1. The highest BCUT2D eigenvalue weighted by molar-refractivity contribution is 5.99. The number of rotatable bonds is 7. The molecule has 18 heteroatoms. The number of likely N-dealkylation sites (tertiary alicyclic amines) is 2. The first-order valence-electron chi connectivity index (χ1n) is 14.1. The van der Waals surface area contributed by atoms with Crippen molar-refractivity contribution in [3.8, 4) is 17.0 Å². The average Bonchev–Trinajstić information content (AvgIpc) is 3.53. The van der Waals surface area contributed by atoms with E-state index in [1.165, 1.54) is 10.6 Å². The summed E-state index contributed by atoms with van der Waals surface area (Å²) in [4.78, 5) is 31.9. The van der Waals surface area contributed by atoms with Crippen molar-refractivity contribution in [2.75, 3.05) is 39.0 Å². The molecule has 0 bridgehead atoms. The number of amides is 2. The molecule has 4 N–H and O–H groups in total. The van der Waals surface area contributed by atoms with E-state index in [2.05, 4.69) is 15.4 Å². The molecular weight excluding hydrogens is 631 g/mol. The first kappa shape index (κ1) is 33.2. The van der Waals surface area contributed by atoms with Gasteiger partial charge in [0, 0.05) is 50.7 Å². The topological polar surface area (TPSA) is 138 Å². The number of benzene rings is 1. The summed E-state index contributed by atoms with van der Waals surface area (Å²) in [6.07, 6.45) is -6.86. The molecule has 0 spiro atoms. The van der Waals surface area contributed by atoms with Crippen molar-refractivity contribution in [1.29, 1.82) is 0 Å². The van der Waals surface area contributed by atoms with Gasteiger partial charge < -0.3 is 25.8 Å². The Morgan fingerprint density at radius 3 is 2.48 bits per heavy atom. The summed E-state index contributed by atoms with van der Waals surface area (Å²) in [7, 11) is 1.15. The minimum absolute atomic E-state index is 0.0318. The Labute approximate surface area is 257 Å². The van der Waals surface area contributed by atoms with Crippen LogP contribution in [-0.4, -0.2) is 105 Å². The number of nitrogens with zero attached hydrogens (tertiary/aromatic N) is 5. The van der Waals surface area contributed by atoms with E-state index in [1.54, 1.807) is 4.90 Å². The van der Waals surface area contributed by atoms with Crippen LogP contribution < -0.4 is 15.8 Å². The predicted octanol–water partition coefficient (Wildman–Crippen LogP) is 2.95. The van der Waals surface area contributed by atoms with Gasteiger partial charge in [0.1, 0.15) is 29.6 Å². The predicted molar refractivity (Wildman–Crippen MR) is 148 cm³/mol. The monoisotopic (exact) mass is 661 g/mol. The number of hydrogen-bond donors (Lipinski definition) is 3. The van der Waals surface area contributed by atoms with Gasteiger partial charge in [-0.15, -0.1) is 0 Å². The van der Waals surface area contributed by atoms with E-state index in [0.717, 1.165) is 25.6 Å². The van der Waals surface area contributed by atoms with Gasteiger partial charge in [-0.1, -0.05) is 0 Å². The third-order valence-electron chi connectivity index (χ3n) is 8.27. The molecule has 250 valence electrons. The molecule has 0 unspecified atom stereocenters. The van der Waals surface area contributed by atoms with Gasteiger partial charge >= 0.3 is 6.18 Å². The molecule has 4 heterocycles. The molecule has 11 nitrogen and oxygen atoms in total. The van der Waals surface area contributed by atoms with Crippen LogP contribution in [0.5, 0.6) is 5.75 Å². The average molecular weight is 662 g/mol. The summed E-state index contributed by atoms with van der Waals surface area (Å²) < 4.78 is 104. The van der Waals surface area contributed by atoms with Crippen LogP contribution in [0, 0.1) is 5.82 Å². The number of alkyl halides is 6. The minimum atomic E-state index is -5.32. The first-order chi connectivity index (χ1) is 21.4. The Balaban J connectivity index is 1.44. The van der Waals surface area contributed by atoms with E-state index < -0.39 is 60.6 Å². The fourth-order valence-corrected chi connectivity index (χ4v) is 5.58. The number of carbonyl (C=O) groups is 2. The van der Waals surface area contributed by atoms with E-state index in [9.17, 15) is 41.0 Å². The molecular formula is C28H30F7N7O4. The van der Waals surface area contributed by atoms with Crippen molar-refractivity contribution < 1.29 is 50.2 Å². The molecule has 0 radical (unpaired) electrons. The van der Waals surface area contributed by atoms with Gasteiger partial charge in [-0.25, -0.2) is 27.1 Å². The molecule has 2 aliphatic rings. The number of hydrogen-bond acceptors (Lipinski definition) is 8. The molecule has 2 aliphatic heterocycles. The molecule has 0 aliphatic carbocycles. The SMILES string of the molecule is COc1cc(F)c(-c2cc(CN3CCC(F)(F)CC3)c3c(N)ncnn23)cc1C(=O)N[C@@H]1CN(C(=O)[C@@](C)(O)C(F)(F)F)C[C@@H]1F. The summed E-state index contributed by atoms with van der Waals surface area (Å²) >= 11 is 0. The van der Waals surface area contributed by atoms with Gasteiger partial charge in [-0.3, -0.25) is 14.5 Å². The number of nitrogens with two attached hydrogens (primary N) is 1. The molecule has 5 rings (SSSR count). The zero-order chi connectivity index (χ0) is 33.8. The number of halogens is 7. The number of fused-ring (bicyclic) bond motifs is 1. The maximum Gasteiger partial charge on any atom is 0.426 e. The van der Waals surface area contributed by atoms with Crippen LogP contribution in [0.1, 0.15) is 35.7 Å². The zero-order valence-electron chi connectivity index (χ0n) is 24.5. The van der Waals surface area contributed by atoms with Gasteiger partial charge in [0.2, 0.25) is 5.60 Å². The van der Waals surface area contributed by atoms with E-state index in [0.29, 0.717) is 16.0 Å². The van der Waals surface area contributed by atoms with E-state index in [-0.39, 0.29) is 67.8 Å². The van der Waals surface area contributed by atoms with Crippen LogP contribution in [0.25, 0.3) is 16.8 Å². The molecule has 2 aromatic heterocycles. The van der Waals surface area contributed by atoms with Crippen LogP contribution in [0.4, 0.5) is 36.6 Å². The van der Waals surface area contributed by atoms with Crippen molar-refractivity contribution in [2.45, 2.75) is 56.2 Å². The lowest BCUT2D eigenvalue weighted by atomic mass is 10.0. The number of nitrogens with one attached hydrogen (secondary N) is 1. The first-order valence-corrected chi connectivity index (χ1v) is 14.1. The van der Waals surface area contributed by atoms with Crippen molar-refractivity contribution in [1.82, 2.24) is 29.7 Å².